The quantitative estimate of drug-likeness (QED) is 0.183. The zero-order chi connectivity index (χ0) is 26.2. The molecule has 5 nitrogen and oxygen atoms in total. The van der Waals surface area contributed by atoms with Gasteiger partial charge in [-0.2, -0.15) is 0 Å². The molecule has 0 saturated carbocycles. The number of aromatic nitrogens is 3. The first-order valence-electron chi connectivity index (χ1n) is 11.6. The molecule has 0 aliphatic rings. The van der Waals surface area contributed by atoms with Crippen LogP contribution in [0.15, 0.2) is 71.9 Å². The number of thioether (sulfide) groups is 1. The van der Waals surface area contributed by atoms with E-state index in [9.17, 15) is 4.39 Å². The number of methoxy groups -OCH3 is 2. The minimum atomic E-state index is -0.396. The third-order valence-corrected chi connectivity index (χ3v) is 9.03. The third kappa shape index (κ3) is 4.69. The number of rotatable bonds is 8. The fourth-order valence-corrected chi connectivity index (χ4v) is 6.84. The topological polar surface area (TPSA) is 48.7 Å². The summed E-state index contributed by atoms with van der Waals surface area (Å²) in [4.78, 5) is 1.89. The molecule has 0 spiro atoms. The van der Waals surface area contributed by atoms with Gasteiger partial charge in [0, 0.05) is 26.6 Å². The van der Waals surface area contributed by atoms with Crippen LogP contribution in [0.2, 0.25) is 5.02 Å². The average molecular weight is 554 g/mol. The second kappa shape index (κ2) is 10.4. The van der Waals surface area contributed by atoms with Crippen molar-refractivity contribution in [2.75, 3.05) is 14.2 Å². The van der Waals surface area contributed by atoms with Crippen LogP contribution in [0.5, 0.6) is 11.5 Å². The van der Waals surface area contributed by atoms with E-state index in [1.54, 1.807) is 37.7 Å². The molecule has 0 saturated heterocycles. The Hall–Kier alpha value is -3.07. The zero-order valence-corrected chi connectivity index (χ0v) is 23.2. The Bertz CT molecular complexity index is 1550. The summed E-state index contributed by atoms with van der Waals surface area (Å²) in [5.74, 6) is 1.37. The van der Waals surface area contributed by atoms with Gasteiger partial charge in [-0.1, -0.05) is 91.0 Å². The first-order valence-corrected chi connectivity index (χ1v) is 13.7. The van der Waals surface area contributed by atoms with Gasteiger partial charge < -0.3 is 9.47 Å². The van der Waals surface area contributed by atoms with Gasteiger partial charge in [-0.25, -0.2) is 4.39 Å². The highest BCUT2D eigenvalue weighted by atomic mass is 35.5. The van der Waals surface area contributed by atoms with Crippen molar-refractivity contribution < 1.29 is 13.9 Å². The van der Waals surface area contributed by atoms with Crippen LogP contribution in [0.3, 0.4) is 0 Å². The van der Waals surface area contributed by atoms with Crippen molar-refractivity contribution >= 4 is 39.7 Å². The lowest BCUT2D eigenvalue weighted by molar-refractivity contribution is 0.354. The van der Waals surface area contributed by atoms with Crippen molar-refractivity contribution in [3.8, 4) is 22.8 Å². The molecule has 5 aromatic rings. The van der Waals surface area contributed by atoms with E-state index in [4.69, 9.17) is 21.1 Å². The Balaban J connectivity index is 1.65. The number of ether oxygens (including phenoxy) is 2. The molecule has 0 aliphatic carbocycles. The molecular weight excluding hydrogens is 529 g/mol. The summed E-state index contributed by atoms with van der Waals surface area (Å²) in [5.41, 5.74) is 3.18. The Labute approximate surface area is 228 Å². The molecule has 0 atom stereocenters. The Morgan fingerprint density at radius 3 is 2.43 bits per heavy atom. The van der Waals surface area contributed by atoms with Crippen LogP contribution in [0.25, 0.3) is 16.2 Å². The number of hydrogen-bond donors (Lipinski definition) is 0. The summed E-state index contributed by atoms with van der Waals surface area (Å²) in [6.07, 6.45) is 0. The molecule has 2 aromatic heterocycles. The molecule has 0 unspecified atom stereocenters. The molecule has 2 heterocycles. The van der Waals surface area contributed by atoms with Crippen LogP contribution in [-0.2, 0) is 11.2 Å². The van der Waals surface area contributed by atoms with E-state index < -0.39 is 5.41 Å². The van der Waals surface area contributed by atoms with E-state index in [2.05, 4.69) is 46.6 Å². The van der Waals surface area contributed by atoms with Crippen LogP contribution in [0.1, 0.15) is 29.9 Å². The highest BCUT2D eigenvalue weighted by Gasteiger charge is 2.33. The second-order valence-corrected chi connectivity index (χ2v) is 11.3. The van der Waals surface area contributed by atoms with Gasteiger partial charge in [0.05, 0.1) is 19.9 Å². The van der Waals surface area contributed by atoms with Crippen LogP contribution in [0, 0.1) is 5.82 Å². The van der Waals surface area contributed by atoms with Crippen LogP contribution < -0.4 is 9.47 Å². The van der Waals surface area contributed by atoms with E-state index in [0.29, 0.717) is 33.0 Å². The van der Waals surface area contributed by atoms with Crippen molar-refractivity contribution in [2.24, 2.45) is 0 Å². The lowest BCUT2D eigenvalue weighted by atomic mass is 9.81. The molecular formula is C28H25ClFN3O2S2. The first kappa shape index (κ1) is 25.6. The maximum Gasteiger partial charge on any atom is 0.217 e. The minimum absolute atomic E-state index is 0.329. The monoisotopic (exact) mass is 553 g/mol. The molecule has 0 N–H and O–H groups in total. The maximum absolute atomic E-state index is 14.4. The first-order chi connectivity index (χ1) is 17.8. The van der Waals surface area contributed by atoms with Crippen LogP contribution >= 0.6 is 34.7 Å². The summed E-state index contributed by atoms with van der Waals surface area (Å²) < 4.78 is 27.5. The zero-order valence-electron chi connectivity index (χ0n) is 20.8. The van der Waals surface area contributed by atoms with E-state index in [1.807, 2.05) is 30.3 Å². The Morgan fingerprint density at radius 1 is 0.973 bits per heavy atom. The van der Waals surface area contributed by atoms with E-state index in [-0.39, 0.29) is 5.82 Å². The molecule has 0 bridgehead atoms. The average Bonchev–Trinajstić information content (AvgIpc) is 3.48. The molecule has 37 heavy (non-hydrogen) atoms. The number of nitrogens with zero attached hydrogens (tertiary/aromatic N) is 3. The van der Waals surface area contributed by atoms with Crippen molar-refractivity contribution in [1.82, 2.24) is 14.6 Å². The Kier molecular flexibility index (Phi) is 7.16. The number of thiazole rings is 1. The molecule has 0 amide bonds. The van der Waals surface area contributed by atoms with E-state index in [0.717, 1.165) is 26.7 Å². The predicted molar refractivity (Wildman–Crippen MR) is 149 cm³/mol. The number of benzene rings is 3. The largest absolute Gasteiger partial charge is 0.493 e. The SMILES string of the molecule is COc1ccc(C(C)(C)c2sc3nnc(SCc4c(F)cccc4Cl)n3c2-c2ccccc2)cc1OC. The fourth-order valence-electron chi connectivity index (χ4n) is 4.29. The molecule has 5 rings (SSSR count). The molecule has 0 radical (unpaired) electrons. The summed E-state index contributed by atoms with van der Waals surface area (Å²) in [5, 5.41) is 10.0. The van der Waals surface area contributed by atoms with Gasteiger partial charge in [0.15, 0.2) is 16.7 Å². The van der Waals surface area contributed by atoms with Gasteiger partial charge in [0.1, 0.15) is 5.82 Å². The third-order valence-electron chi connectivity index (χ3n) is 6.36. The summed E-state index contributed by atoms with van der Waals surface area (Å²) in [6, 6.07) is 20.9. The smallest absolute Gasteiger partial charge is 0.217 e. The standard InChI is InChI=1S/C28H25ClFN3O2S2/c1-28(2,18-13-14-22(34-3)23(15-18)35-4)25-24(17-9-6-5-7-10-17)33-26(31-32-27(33)37-25)36-16-19-20(29)11-8-12-21(19)30/h5-15H,16H2,1-4H3. The van der Waals surface area contributed by atoms with E-state index >= 15 is 0 Å². The summed E-state index contributed by atoms with van der Waals surface area (Å²) >= 11 is 9.29. The Morgan fingerprint density at radius 2 is 1.73 bits per heavy atom. The molecule has 0 fully saturated rings. The summed E-state index contributed by atoms with van der Waals surface area (Å²) in [7, 11) is 3.27. The molecule has 3 aromatic carbocycles. The van der Waals surface area contributed by atoms with Gasteiger partial charge in [-0.05, 0) is 35.4 Å². The van der Waals surface area contributed by atoms with Gasteiger partial charge in [0.2, 0.25) is 4.96 Å². The minimum Gasteiger partial charge on any atom is -0.493 e. The maximum atomic E-state index is 14.4. The highest BCUT2D eigenvalue weighted by Crippen LogP contribution is 2.46. The summed E-state index contributed by atoms with van der Waals surface area (Å²) in [6.45, 7) is 4.37. The number of hydrogen-bond acceptors (Lipinski definition) is 6. The molecule has 0 aliphatic heterocycles. The lowest BCUT2D eigenvalue weighted by Crippen LogP contribution is -2.19. The van der Waals surface area contributed by atoms with Crippen LogP contribution in [-0.4, -0.2) is 28.8 Å². The van der Waals surface area contributed by atoms with E-state index in [1.165, 1.54) is 17.8 Å². The molecule has 9 heteroatoms. The highest BCUT2D eigenvalue weighted by molar-refractivity contribution is 7.98. The normalized spacial score (nSPS) is 11.7. The molecule has 190 valence electrons. The fraction of sp³-hybridized carbons (Fsp3) is 0.214. The van der Waals surface area contributed by atoms with Crippen molar-refractivity contribution in [3.63, 3.8) is 0 Å². The number of fused-ring (bicyclic) bond motifs is 1. The van der Waals surface area contributed by atoms with Gasteiger partial charge in [-0.15, -0.1) is 10.2 Å². The van der Waals surface area contributed by atoms with Crippen LogP contribution in [0.4, 0.5) is 4.39 Å². The van der Waals surface area contributed by atoms with Crippen molar-refractivity contribution in [3.05, 3.63) is 93.6 Å². The predicted octanol–water partition coefficient (Wildman–Crippen LogP) is 7.89. The van der Waals surface area contributed by atoms with Gasteiger partial charge in [0.25, 0.3) is 0 Å². The lowest BCUT2D eigenvalue weighted by Gasteiger charge is -2.26. The van der Waals surface area contributed by atoms with Gasteiger partial charge >= 0.3 is 0 Å². The van der Waals surface area contributed by atoms with Crippen molar-refractivity contribution in [2.45, 2.75) is 30.2 Å². The van der Waals surface area contributed by atoms with Crippen molar-refractivity contribution in [1.29, 1.82) is 0 Å². The van der Waals surface area contributed by atoms with Gasteiger partial charge in [-0.3, -0.25) is 4.40 Å². The second-order valence-electron chi connectivity index (χ2n) is 8.93. The number of halogens is 2.